The Morgan fingerprint density at radius 2 is 1.88 bits per heavy atom. The molecule has 0 aliphatic carbocycles. The van der Waals surface area contributed by atoms with Gasteiger partial charge in [-0.1, -0.05) is 17.8 Å². The van der Waals surface area contributed by atoms with Gasteiger partial charge in [-0.3, -0.25) is 18.9 Å². The van der Waals surface area contributed by atoms with Crippen LogP contribution in [0.25, 0.3) is 0 Å². The quantitative estimate of drug-likeness (QED) is 0.587. The molecule has 2 aromatic heterocycles. The van der Waals surface area contributed by atoms with E-state index in [4.69, 9.17) is 4.74 Å². The summed E-state index contributed by atoms with van der Waals surface area (Å²) in [7, 11) is 1.45. The summed E-state index contributed by atoms with van der Waals surface area (Å²) in [6.45, 7) is -0.234. The molecule has 8 nitrogen and oxygen atoms in total. The van der Waals surface area contributed by atoms with Crippen molar-refractivity contribution < 1.29 is 18.3 Å². The van der Waals surface area contributed by atoms with Gasteiger partial charge in [0.2, 0.25) is 0 Å². The molecule has 0 unspecified atom stereocenters. The number of halogens is 2. The third-order valence-corrected chi connectivity index (χ3v) is 5.78. The molecular formula is C21H16F2N4O4S. The monoisotopic (exact) mass is 458 g/mol. The van der Waals surface area contributed by atoms with Gasteiger partial charge >= 0.3 is 11.7 Å². The fraction of sp³-hybridized carbons (Fsp3) is 0.143. The highest BCUT2D eigenvalue weighted by Gasteiger charge is 2.26. The van der Waals surface area contributed by atoms with E-state index < -0.39 is 28.9 Å². The van der Waals surface area contributed by atoms with E-state index in [0.29, 0.717) is 0 Å². The van der Waals surface area contributed by atoms with Gasteiger partial charge in [-0.2, -0.15) is 0 Å². The van der Waals surface area contributed by atoms with Gasteiger partial charge < -0.3 is 10.1 Å². The number of nitrogens with zero attached hydrogens (tertiary/aromatic N) is 3. The largest absolute Gasteiger partial charge is 0.457 e. The Kier molecular flexibility index (Phi) is 5.91. The van der Waals surface area contributed by atoms with Crippen molar-refractivity contribution in [3.63, 3.8) is 0 Å². The molecule has 1 aliphatic rings. The highest BCUT2D eigenvalue weighted by Crippen LogP contribution is 2.34. The third kappa shape index (κ3) is 4.19. The summed E-state index contributed by atoms with van der Waals surface area (Å²) in [5.41, 5.74) is -0.328. The maximum Gasteiger partial charge on any atom is 0.346 e. The van der Waals surface area contributed by atoms with Crippen LogP contribution >= 0.6 is 11.8 Å². The van der Waals surface area contributed by atoms with Gasteiger partial charge in [-0.05, 0) is 35.4 Å². The average Bonchev–Trinajstić information content (AvgIpc) is 2.81. The van der Waals surface area contributed by atoms with E-state index in [0.717, 1.165) is 34.0 Å². The van der Waals surface area contributed by atoms with Crippen molar-refractivity contribution >= 4 is 23.5 Å². The first kappa shape index (κ1) is 21.5. The lowest BCUT2D eigenvalue weighted by Crippen LogP contribution is -2.41. The number of aromatic nitrogens is 3. The molecule has 1 aliphatic heterocycles. The van der Waals surface area contributed by atoms with Crippen LogP contribution in [0.4, 0.5) is 14.6 Å². The van der Waals surface area contributed by atoms with Crippen LogP contribution in [-0.2, 0) is 29.7 Å². The molecular weight excluding hydrogens is 442 g/mol. The molecule has 0 amide bonds. The molecule has 4 rings (SSSR count). The number of ether oxygens (including phenoxy) is 1. The molecule has 11 heteroatoms. The zero-order chi connectivity index (χ0) is 22.8. The number of esters is 1. The second-order valence-corrected chi connectivity index (χ2v) is 7.90. The number of hydrogen-bond acceptors (Lipinski definition) is 7. The number of nitrogens with one attached hydrogen (secondary N) is 1. The van der Waals surface area contributed by atoms with Gasteiger partial charge in [0.15, 0.2) is 11.6 Å². The van der Waals surface area contributed by atoms with Crippen LogP contribution in [0.5, 0.6) is 0 Å². The number of hydrogen-bond donors (Lipinski definition) is 1. The summed E-state index contributed by atoms with van der Waals surface area (Å²) in [4.78, 5) is 42.3. The smallest absolute Gasteiger partial charge is 0.346 e. The van der Waals surface area contributed by atoms with E-state index in [1.165, 1.54) is 23.9 Å². The van der Waals surface area contributed by atoms with Crippen LogP contribution in [0.3, 0.4) is 0 Å². The zero-order valence-electron chi connectivity index (χ0n) is 16.7. The molecule has 0 bridgehead atoms. The third-order valence-electron chi connectivity index (χ3n) is 4.70. The lowest BCUT2D eigenvalue weighted by Gasteiger charge is -2.20. The van der Waals surface area contributed by atoms with Gasteiger partial charge in [0.1, 0.15) is 22.2 Å². The van der Waals surface area contributed by atoms with Crippen LogP contribution in [-0.4, -0.2) is 20.1 Å². The molecule has 0 saturated heterocycles. The number of benzene rings is 1. The standard InChI is InChI=1S/C21H16F2N4O4S/c1-26-18-17(19(28)27(21(26)30)10-13-2-3-14(22)15(23)8-13)32-16(9-25-18)20(29)31-11-12-4-6-24-7-5-12/h2-9,25H,10-11H2,1H3. The number of fused-ring (bicyclic) bond motifs is 1. The van der Waals surface area contributed by atoms with Crippen molar-refractivity contribution in [2.75, 3.05) is 5.32 Å². The van der Waals surface area contributed by atoms with E-state index >= 15 is 0 Å². The minimum atomic E-state index is -1.08. The first-order chi connectivity index (χ1) is 15.3. The van der Waals surface area contributed by atoms with E-state index in [1.807, 2.05) is 0 Å². The summed E-state index contributed by atoms with van der Waals surface area (Å²) in [5, 5.41) is 2.80. The molecule has 1 N–H and O–H groups in total. The number of carbonyl (C=O) groups is 1. The molecule has 0 radical (unpaired) electrons. The number of carbonyl (C=O) groups excluding carboxylic acids is 1. The summed E-state index contributed by atoms with van der Waals surface area (Å²) in [6.07, 6.45) is 4.51. The van der Waals surface area contributed by atoms with Crippen molar-refractivity contribution in [2.45, 2.75) is 18.0 Å². The minimum absolute atomic E-state index is 0.0275. The second kappa shape index (κ2) is 8.79. The summed E-state index contributed by atoms with van der Waals surface area (Å²) >= 11 is 0.865. The van der Waals surface area contributed by atoms with Crippen LogP contribution in [0.1, 0.15) is 11.1 Å². The second-order valence-electron chi connectivity index (χ2n) is 6.85. The fourth-order valence-corrected chi connectivity index (χ4v) is 4.00. The molecule has 1 aromatic carbocycles. The van der Waals surface area contributed by atoms with Crippen molar-refractivity contribution in [1.29, 1.82) is 0 Å². The lowest BCUT2D eigenvalue weighted by molar-refractivity contribution is -0.139. The van der Waals surface area contributed by atoms with Gasteiger partial charge in [-0.15, -0.1) is 0 Å². The van der Waals surface area contributed by atoms with Crippen molar-refractivity contribution in [3.05, 3.63) is 97.4 Å². The van der Waals surface area contributed by atoms with Gasteiger partial charge in [0.25, 0.3) is 5.56 Å². The Labute approximate surface area is 184 Å². The summed E-state index contributed by atoms with van der Waals surface area (Å²) in [5.74, 6) is -2.54. The SMILES string of the molecule is Cn1c2c(c(=O)n(Cc3ccc(F)c(F)c3)c1=O)SC(C(=O)OCc1ccncc1)=CN2. The Morgan fingerprint density at radius 3 is 2.59 bits per heavy atom. The van der Waals surface area contributed by atoms with Crippen LogP contribution in [0.2, 0.25) is 0 Å². The Bertz CT molecular complexity index is 1350. The first-order valence-electron chi connectivity index (χ1n) is 9.33. The molecule has 3 heterocycles. The average molecular weight is 458 g/mol. The van der Waals surface area contributed by atoms with E-state index in [-0.39, 0.29) is 34.3 Å². The van der Waals surface area contributed by atoms with Gasteiger partial charge in [0, 0.05) is 25.6 Å². The van der Waals surface area contributed by atoms with Crippen molar-refractivity contribution in [2.24, 2.45) is 7.05 Å². The Balaban J connectivity index is 1.60. The predicted molar refractivity (Wildman–Crippen MR) is 113 cm³/mol. The zero-order valence-corrected chi connectivity index (χ0v) is 17.5. The lowest BCUT2D eigenvalue weighted by atomic mass is 10.2. The first-order valence-corrected chi connectivity index (χ1v) is 10.1. The number of anilines is 1. The minimum Gasteiger partial charge on any atom is -0.457 e. The Hall–Kier alpha value is -3.73. The van der Waals surface area contributed by atoms with Gasteiger partial charge in [0.05, 0.1) is 6.54 Å². The van der Waals surface area contributed by atoms with Crippen molar-refractivity contribution in [1.82, 2.24) is 14.1 Å². The topological polar surface area (TPSA) is 95.2 Å². The molecule has 0 spiro atoms. The highest BCUT2D eigenvalue weighted by atomic mass is 32.2. The number of rotatable bonds is 5. The predicted octanol–water partition coefficient (Wildman–Crippen LogP) is 2.37. The number of thioether (sulfide) groups is 1. The number of pyridine rings is 1. The van der Waals surface area contributed by atoms with Crippen molar-refractivity contribution in [3.8, 4) is 0 Å². The van der Waals surface area contributed by atoms with Crippen LogP contribution in [0.15, 0.2) is 68.3 Å². The highest BCUT2D eigenvalue weighted by molar-refractivity contribution is 8.04. The maximum atomic E-state index is 13.5. The maximum absolute atomic E-state index is 13.5. The molecule has 0 atom stereocenters. The molecule has 164 valence electrons. The molecule has 32 heavy (non-hydrogen) atoms. The van der Waals surface area contributed by atoms with E-state index in [1.54, 1.807) is 24.5 Å². The molecule has 0 saturated carbocycles. The molecule has 3 aromatic rings. The fourth-order valence-electron chi connectivity index (χ4n) is 3.03. The summed E-state index contributed by atoms with van der Waals surface area (Å²) < 4.78 is 34.1. The normalized spacial score (nSPS) is 12.5. The van der Waals surface area contributed by atoms with Crippen LogP contribution < -0.4 is 16.6 Å². The van der Waals surface area contributed by atoms with E-state index in [9.17, 15) is 23.2 Å². The Morgan fingerprint density at radius 1 is 1.12 bits per heavy atom. The van der Waals surface area contributed by atoms with E-state index in [2.05, 4.69) is 10.3 Å². The molecule has 0 fully saturated rings. The van der Waals surface area contributed by atoms with Crippen LogP contribution in [0, 0.1) is 11.6 Å². The van der Waals surface area contributed by atoms with Gasteiger partial charge in [-0.25, -0.2) is 18.4 Å². The summed E-state index contributed by atoms with van der Waals surface area (Å²) in [6, 6.07) is 6.55.